The first-order valence-electron chi connectivity index (χ1n) is 7.96. The molecule has 1 aromatic carbocycles. The normalized spacial score (nSPS) is 13.9. The quantitative estimate of drug-likeness (QED) is 0.359. The zero-order valence-corrected chi connectivity index (χ0v) is 14.9. The van der Waals surface area contributed by atoms with Crippen molar-refractivity contribution in [1.82, 2.24) is 10.0 Å². The standard InChI is InChI=1S/C15H19N3O7S/c1-2-25-15(20)11-7-10(8-13(9-11)18(21)22)14(19)16-5-6-26(23,24)17-12-3-4-12/h7-9,12,17H,2-6H2,1H3,(H,16,19). The SMILES string of the molecule is CCOC(=O)c1cc(C(=O)NCCS(=O)(=O)NC2CC2)cc([N+](=O)[O-])c1. The van der Waals surface area contributed by atoms with Crippen molar-refractivity contribution in [1.29, 1.82) is 0 Å². The molecule has 0 atom stereocenters. The van der Waals surface area contributed by atoms with Crippen molar-refractivity contribution in [3.05, 3.63) is 39.4 Å². The van der Waals surface area contributed by atoms with Crippen molar-refractivity contribution < 1.29 is 27.7 Å². The van der Waals surface area contributed by atoms with Gasteiger partial charge in [-0.05, 0) is 25.8 Å². The van der Waals surface area contributed by atoms with Crippen molar-refractivity contribution in [3.8, 4) is 0 Å². The molecule has 10 nitrogen and oxygen atoms in total. The van der Waals surface area contributed by atoms with Gasteiger partial charge in [0.25, 0.3) is 11.6 Å². The molecule has 0 saturated heterocycles. The van der Waals surface area contributed by atoms with E-state index in [0.717, 1.165) is 31.0 Å². The number of hydrogen-bond donors (Lipinski definition) is 2. The lowest BCUT2D eigenvalue weighted by Crippen LogP contribution is -2.35. The second kappa shape index (κ2) is 8.23. The fraction of sp³-hybridized carbons (Fsp3) is 0.467. The van der Waals surface area contributed by atoms with E-state index in [-0.39, 0.29) is 36.1 Å². The van der Waals surface area contributed by atoms with Gasteiger partial charge in [-0.15, -0.1) is 0 Å². The van der Waals surface area contributed by atoms with Crippen LogP contribution >= 0.6 is 0 Å². The van der Waals surface area contributed by atoms with Crippen LogP contribution in [-0.2, 0) is 14.8 Å². The third-order valence-electron chi connectivity index (χ3n) is 3.48. The highest BCUT2D eigenvalue weighted by molar-refractivity contribution is 7.89. The van der Waals surface area contributed by atoms with E-state index in [4.69, 9.17) is 4.74 Å². The molecule has 1 aliphatic rings. The van der Waals surface area contributed by atoms with Crippen LogP contribution in [-0.4, -0.2) is 50.2 Å². The highest BCUT2D eigenvalue weighted by atomic mass is 32.2. The predicted octanol–water partition coefficient (Wildman–Crippen LogP) is 0.583. The number of non-ortho nitro benzene ring substituents is 1. The summed E-state index contributed by atoms with van der Waals surface area (Å²) in [7, 11) is -3.49. The average Bonchev–Trinajstić information content (AvgIpc) is 3.37. The van der Waals surface area contributed by atoms with Crippen molar-refractivity contribution in [2.24, 2.45) is 0 Å². The van der Waals surface area contributed by atoms with Gasteiger partial charge >= 0.3 is 5.97 Å². The van der Waals surface area contributed by atoms with Crippen LogP contribution < -0.4 is 10.0 Å². The molecule has 0 radical (unpaired) electrons. The van der Waals surface area contributed by atoms with Gasteiger partial charge in [0, 0.05) is 30.3 Å². The number of amides is 1. The van der Waals surface area contributed by atoms with E-state index in [1.54, 1.807) is 6.92 Å². The molecule has 0 unspecified atom stereocenters. The Bertz CT molecular complexity index is 819. The van der Waals surface area contributed by atoms with E-state index < -0.39 is 32.5 Å². The summed E-state index contributed by atoms with van der Waals surface area (Å²) in [6.45, 7) is 1.49. The summed E-state index contributed by atoms with van der Waals surface area (Å²) in [5.74, 6) is -1.82. The van der Waals surface area contributed by atoms with E-state index >= 15 is 0 Å². The molecule has 2 N–H and O–H groups in total. The number of carbonyl (C=O) groups is 2. The Kier molecular flexibility index (Phi) is 6.27. The molecular weight excluding hydrogens is 366 g/mol. The largest absolute Gasteiger partial charge is 0.462 e. The average molecular weight is 385 g/mol. The van der Waals surface area contributed by atoms with Gasteiger partial charge in [-0.2, -0.15) is 0 Å². The molecule has 142 valence electrons. The number of nitro groups is 1. The van der Waals surface area contributed by atoms with Crippen LogP contribution in [0, 0.1) is 10.1 Å². The van der Waals surface area contributed by atoms with E-state index in [1.165, 1.54) is 0 Å². The lowest BCUT2D eigenvalue weighted by atomic mass is 10.1. The van der Waals surface area contributed by atoms with Gasteiger partial charge in [0.1, 0.15) is 0 Å². The molecule has 0 aliphatic heterocycles. The molecule has 0 spiro atoms. The topological polar surface area (TPSA) is 145 Å². The fourth-order valence-corrected chi connectivity index (χ4v) is 3.33. The number of esters is 1. The molecule has 1 aliphatic carbocycles. The third kappa shape index (κ3) is 5.77. The predicted molar refractivity (Wildman–Crippen MR) is 91.3 cm³/mol. The Labute approximate surface area is 150 Å². The van der Waals surface area contributed by atoms with Gasteiger partial charge in [0.2, 0.25) is 10.0 Å². The van der Waals surface area contributed by atoms with Crippen LogP contribution in [0.2, 0.25) is 0 Å². The van der Waals surface area contributed by atoms with Gasteiger partial charge in [0.05, 0.1) is 22.8 Å². The lowest BCUT2D eigenvalue weighted by molar-refractivity contribution is -0.384. The number of rotatable bonds is 9. The summed E-state index contributed by atoms with van der Waals surface area (Å²) >= 11 is 0. The maximum Gasteiger partial charge on any atom is 0.338 e. The Hall–Kier alpha value is -2.53. The Morgan fingerprint density at radius 3 is 2.50 bits per heavy atom. The zero-order valence-electron chi connectivity index (χ0n) is 14.1. The maximum absolute atomic E-state index is 12.2. The highest BCUT2D eigenvalue weighted by Crippen LogP contribution is 2.20. The highest BCUT2D eigenvalue weighted by Gasteiger charge is 2.26. The first-order valence-corrected chi connectivity index (χ1v) is 9.62. The van der Waals surface area contributed by atoms with Crippen LogP contribution in [0.15, 0.2) is 18.2 Å². The molecule has 0 aromatic heterocycles. The molecule has 1 saturated carbocycles. The van der Waals surface area contributed by atoms with Crippen LogP contribution in [0.3, 0.4) is 0 Å². The number of nitrogens with one attached hydrogen (secondary N) is 2. The van der Waals surface area contributed by atoms with Gasteiger partial charge in [-0.25, -0.2) is 17.9 Å². The number of ether oxygens (including phenoxy) is 1. The molecule has 1 fully saturated rings. The second-order valence-corrected chi connectivity index (χ2v) is 7.59. The van der Waals surface area contributed by atoms with Crippen LogP contribution in [0.1, 0.15) is 40.5 Å². The van der Waals surface area contributed by atoms with Crippen molar-refractivity contribution in [3.63, 3.8) is 0 Å². The van der Waals surface area contributed by atoms with Crippen molar-refractivity contribution >= 4 is 27.6 Å². The van der Waals surface area contributed by atoms with E-state index in [9.17, 15) is 28.1 Å². The minimum Gasteiger partial charge on any atom is -0.462 e. The van der Waals surface area contributed by atoms with Gasteiger partial charge in [-0.1, -0.05) is 0 Å². The first-order chi connectivity index (χ1) is 12.2. The summed E-state index contributed by atoms with van der Waals surface area (Å²) in [6, 6.07) is 3.16. The summed E-state index contributed by atoms with van der Waals surface area (Å²) in [4.78, 5) is 34.2. The number of hydrogen-bond acceptors (Lipinski definition) is 7. The number of nitro benzene ring substituents is 1. The molecule has 26 heavy (non-hydrogen) atoms. The number of nitrogens with zero attached hydrogens (tertiary/aromatic N) is 1. The molecule has 0 heterocycles. The molecule has 1 aromatic rings. The summed E-state index contributed by atoms with van der Waals surface area (Å²) in [5.41, 5.74) is -0.701. The monoisotopic (exact) mass is 385 g/mol. The minimum absolute atomic E-state index is 0.0281. The lowest BCUT2D eigenvalue weighted by Gasteiger charge is -2.08. The summed E-state index contributed by atoms with van der Waals surface area (Å²) < 4.78 is 30.8. The molecule has 2 rings (SSSR count). The zero-order chi connectivity index (χ0) is 19.3. The minimum atomic E-state index is -3.49. The van der Waals surface area contributed by atoms with Crippen LogP contribution in [0.25, 0.3) is 0 Å². The molecule has 0 bridgehead atoms. The number of sulfonamides is 1. The first kappa shape index (κ1) is 19.8. The van der Waals surface area contributed by atoms with E-state index in [2.05, 4.69) is 10.0 Å². The number of benzene rings is 1. The fourth-order valence-electron chi connectivity index (χ4n) is 2.09. The van der Waals surface area contributed by atoms with E-state index in [0.29, 0.717) is 0 Å². The van der Waals surface area contributed by atoms with Crippen molar-refractivity contribution in [2.45, 2.75) is 25.8 Å². The van der Waals surface area contributed by atoms with Crippen LogP contribution in [0.5, 0.6) is 0 Å². The van der Waals surface area contributed by atoms with Gasteiger partial charge < -0.3 is 10.1 Å². The maximum atomic E-state index is 12.2. The van der Waals surface area contributed by atoms with Gasteiger partial charge in [0.15, 0.2) is 0 Å². The van der Waals surface area contributed by atoms with Crippen LogP contribution in [0.4, 0.5) is 5.69 Å². The molecule has 1 amide bonds. The Morgan fingerprint density at radius 2 is 1.92 bits per heavy atom. The number of carbonyl (C=O) groups excluding carboxylic acids is 2. The second-order valence-electron chi connectivity index (χ2n) is 5.71. The van der Waals surface area contributed by atoms with Crippen molar-refractivity contribution in [2.75, 3.05) is 18.9 Å². The third-order valence-corrected chi connectivity index (χ3v) is 4.92. The van der Waals surface area contributed by atoms with Gasteiger partial charge in [-0.3, -0.25) is 14.9 Å². The Balaban J connectivity index is 2.06. The van der Waals surface area contributed by atoms with E-state index in [1.807, 2.05) is 0 Å². The summed E-state index contributed by atoms with van der Waals surface area (Å²) in [6.07, 6.45) is 1.60. The Morgan fingerprint density at radius 1 is 1.27 bits per heavy atom. The smallest absolute Gasteiger partial charge is 0.338 e. The molecular formula is C15H19N3O7S. The molecule has 11 heteroatoms. The summed E-state index contributed by atoms with van der Waals surface area (Å²) in [5, 5.41) is 13.4.